The summed E-state index contributed by atoms with van der Waals surface area (Å²) in [6.07, 6.45) is 0. The molecule has 0 aromatic carbocycles. The zero-order chi connectivity index (χ0) is 23.4. The number of nitrogens with two attached hydrogens (primary N) is 4. The Balaban J connectivity index is -0.0000000873. The van der Waals surface area contributed by atoms with Gasteiger partial charge in [-0.2, -0.15) is 23.0 Å². The number of carboxylic acid groups (broad SMARTS) is 4. The van der Waals surface area contributed by atoms with E-state index in [0.29, 0.717) is 0 Å². The molecule has 17 heteroatoms. The van der Waals surface area contributed by atoms with Crippen LogP contribution in [0.15, 0.2) is 0 Å². The van der Waals surface area contributed by atoms with Gasteiger partial charge in [0.1, 0.15) is 0 Å². The molecule has 0 bridgehead atoms. The molecular formula is C12H24GeN4O8S4-4. The summed E-state index contributed by atoms with van der Waals surface area (Å²) in [6, 6.07) is -3.46. The molecule has 0 spiro atoms. The van der Waals surface area contributed by atoms with E-state index in [2.05, 4.69) is 50.5 Å². The van der Waals surface area contributed by atoms with Crippen molar-refractivity contribution in [2.24, 2.45) is 22.9 Å². The molecule has 0 saturated heterocycles. The fourth-order valence-electron chi connectivity index (χ4n) is 0.285. The van der Waals surface area contributed by atoms with Gasteiger partial charge in [-0.25, -0.2) is 0 Å². The number of rotatable bonds is 8. The average Bonchev–Trinajstić information content (AvgIpc) is 2.66. The maximum Gasteiger partial charge on any atom is 0.318 e. The smallest absolute Gasteiger partial charge is 0.318 e. The van der Waals surface area contributed by atoms with Gasteiger partial charge >= 0.3 is 23.9 Å². The molecule has 0 aromatic heterocycles. The SMILES string of the molecule is N[C@@H](C[S-])C(=O)O.N[C@@H](C[S-])C(=O)O.N[C@@H](C[S-])C(=O)O.N[C@@H](C[S-])C(=O)O.[Ge]. The minimum Gasteiger partial charge on any atom is -0.791 e. The summed E-state index contributed by atoms with van der Waals surface area (Å²) in [5, 5.41) is 32.0. The van der Waals surface area contributed by atoms with E-state index in [0.717, 1.165) is 0 Å². The molecule has 4 radical (unpaired) electrons. The first-order chi connectivity index (χ1) is 12.7. The Morgan fingerprint density at radius 3 is 0.621 bits per heavy atom. The predicted octanol–water partition coefficient (Wildman–Crippen LogP) is -4.60. The van der Waals surface area contributed by atoms with Crippen LogP contribution in [-0.4, -0.2) is 109 Å². The standard InChI is InChI=1S/4C3H7NO2S.Ge/c4*4-2(1-7)3(5)6;/h4*2,7H,1,4H2,(H,5,6);/p-4/t4*2-;/m0000./s1. The van der Waals surface area contributed by atoms with Gasteiger partial charge in [-0.1, -0.05) is 0 Å². The Kier molecular flexibility index (Phi) is 34.7. The maximum atomic E-state index is 9.74. The van der Waals surface area contributed by atoms with Gasteiger partial charge in [-0.05, 0) is 0 Å². The van der Waals surface area contributed by atoms with E-state index in [1.807, 2.05) is 0 Å². The summed E-state index contributed by atoms with van der Waals surface area (Å²) in [5.74, 6) is -3.81. The normalized spacial score (nSPS) is 13.0. The van der Waals surface area contributed by atoms with Crippen LogP contribution in [0.5, 0.6) is 0 Å². The molecule has 0 heterocycles. The Morgan fingerprint density at radius 2 is 0.621 bits per heavy atom. The molecule has 0 unspecified atom stereocenters. The molecule has 172 valence electrons. The van der Waals surface area contributed by atoms with Crippen LogP contribution in [0.1, 0.15) is 0 Å². The molecule has 0 saturated carbocycles. The van der Waals surface area contributed by atoms with Crippen LogP contribution in [0.4, 0.5) is 0 Å². The topological polar surface area (TPSA) is 253 Å². The molecule has 12 nitrogen and oxygen atoms in total. The Bertz CT molecular complexity index is 388. The predicted molar refractivity (Wildman–Crippen MR) is 117 cm³/mol. The summed E-state index contributed by atoms with van der Waals surface area (Å²) in [7, 11) is 0. The van der Waals surface area contributed by atoms with Crippen LogP contribution in [0.3, 0.4) is 0 Å². The van der Waals surface area contributed by atoms with Crippen molar-refractivity contribution in [2.45, 2.75) is 24.2 Å². The zero-order valence-electron chi connectivity index (χ0n) is 15.0. The fraction of sp³-hybridized carbons (Fsp3) is 0.667. The van der Waals surface area contributed by atoms with E-state index in [1.165, 1.54) is 0 Å². The Hall–Kier alpha value is -0.337. The second-order valence-electron chi connectivity index (χ2n) is 4.45. The Labute approximate surface area is 201 Å². The van der Waals surface area contributed by atoms with Crippen molar-refractivity contribution in [1.29, 1.82) is 0 Å². The van der Waals surface area contributed by atoms with Crippen LogP contribution in [-0.2, 0) is 69.7 Å². The fourth-order valence-corrected chi connectivity index (χ4v) is 0.855. The summed E-state index contributed by atoms with van der Waals surface area (Å²) < 4.78 is 0. The van der Waals surface area contributed by atoms with Gasteiger partial charge < -0.3 is 93.9 Å². The molecule has 0 aliphatic carbocycles. The molecule has 0 aromatic rings. The molecule has 0 aliphatic heterocycles. The van der Waals surface area contributed by atoms with Crippen LogP contribution in [0, 0.1) is 0 Å². The van der Waals surface area contributed by atoms with Gasteiger partial charge in [0, 0.05) is 17.6 Å². The van der Waals surface area contributed by atoms with Crippen molar-refractivity contribution in [1.82, 2.24) is 0 Å². The van der Waals surface area contributed by atoms with Gasteiger partial charge in [-0.15, -0.1) is 0 Å². The third-order valence-corrected chi connectivity index (χ3v) is 3.42. The maximum absolute atomic E-state index is 9.74. The van der Waals surface area contributed by atoms with Gasteiger partial charge in [-0.3, -0.25) is 19.2 Å². The number of carboxylic acids is 4. The van der Waals surface area contributed by atoms with E-state index >= 15 is 0 Å². The van der Waals surface area contributed by atoms with Crippen molar-refractivity contribution in [2.75, 3.05) is 23.0 Å². The molecule has 0 aliphatic rings. The number of aliphatic carboxylic acids is 4. The van der Waals surface area contributed by atoms with E-state index < -0.39 is 48.0 Å². The summed E-state index contributed by atoms with van der Waals surface area (Å²) in [6.45, 7) is 0. The summed E-state index contributed by atoms with van der Waals surface area (Å²) in [4.78, 5) is 39.0. The first kappa shape index (κ1) is 39.2. The quantitative estimate of drug-likeness (QED) is 0.104. The monoisotopic (exact) mass is 554 g/mol. The summed E-state index contributed by atoms with van der Waals surface area (Å²) in [5.41, 5.74) is 19.6. The molecule has 12 N–H and O–H groups in total. The van der Waals surface area contributed by atoms with Crippen LogP contribution >= 0.6 is 0 Å². The minimum absolute atomic E-state index is 0. The average molecular weight is 553 g/mol. The number of hydrogen-bond acceptors (Lipinski definition) is 12. The largest absolute Gasteiger partial charge is 0.791 e. The summed E-state index contributed by atoms with van der Waals surface area (Å²) >= 11 is 17.4. The van der Waals surface area contributed by atoms with Crippen molar-refractivity contribution >= 4 is 92.0 Å². The molecule has 29 heavy (non-hydrogen) atoms. The molecular weight excluding hydrogens is 529 g/mol. The first-order valence-corrected chi connectivity index (χ1v) is 9.30. The molecule has 0 amide bonds. The first-order valence-electron chi connectivity index (χ1n) is 6.99. The molecule has 0 rings (SSSR count). The number of hydrogen-bond donors (Lipinski definition) is 8. The molecule has 4 atom stereocenters. The minimum atomic E-state index is -1.03. The molecule has 0 fully saturated rings. The van der Waals surface area contributed by atoms with E-state index in [4.69, 9.17) is 43.4 Å². The third-order valence-electron chi connectivity index (χ3n) is 1.99. The van der Waals surface area contributed by atoms with Gasteiger partial charge in [0.15, 0.2) is 0 Å². The van der Waals surface area contributed by atoms with Gasteiger partial charge in [0.2, 0.25) is 0 Å². The van der Waals surface area contributed by atoms with Crippen molar-refractivity contribution in [3.8, 4) is 0 Å². The second-order valence-corrected chi connectivity index (χ2v) is 5.78. The van der Waals surface area contributed by atoms with Crippen molar-refractivity contribution in [3.63, 3.8) is 0 Å². The zero-order valence-corrected chi connectivity index (χ0v) is 20.4. The van der Waals surface area contributed by atoms with Crippen LogP contribution in [0.25, 0.3) is 0 Å². The van der Waals surface area contributed by atoms with Gasteiger partial charge in [0.05, 0.1) is 24.2 Å². The van der Waals surface area contributed by atoms with Gasteiger partial charge in [0.25, 0.3) is 0 Å². The van der Waals surface area contributed by atoms with Crippen LogP contribution < -0.4 is 22.9 Å². The van der Waals surface area contributed by atoms with Crippen LogP contribution in [0.2, 0.25) is 0 Å². The third kappa shape index (κ3) is 32.5. The van der Waals surface area contributed by atoms with E-state index in [-0.39, 0.29) is 40.6 Å². The number of carbonyl (C=O) groups is 4. The van der Waals surface area contributed by atoms with Crippen molar-refractivity contribution < 1.29 is 39.6 Å². The van der Waals surface area contributed by atoms with E-state index in [9.17, 15) is 19.2 Å². The van der Waals surface area contributed by atoms with E-state index in [1.54, 1.807) is 0 Å². The second kappa shape index (κ2) is 25.7. The van der Waals surface area contributed by atoms with Crippen molar-refractivity contribution in [3.05, 3.63) is 0 Å². The Morgan fingerprint density at radius 1 is 0.517 bits per heavy atom.